The zero-order chi connectivity index (χ0) is 19.4. The number of ether oxygens (including phenoxy) is 3. The normalized spacial score (nSPS) is 27.6. The van der Waals surface area contributed by atoms with Crippen LogP contribution in [0.5, 0.6) is 0 Å². The number of hydrogen-bond acceptors (Lipinski definition) is 6. The molecule has 3 rings (SSSR count). The number of esters is 1. The van der Waals surface area contributed by atoms with Gasteiger partial charge in [0.2, 0.25) is 0 Å². The molecule has 2 N–H and O–H groups in total. The molecule has 3 unspecified atom stereocenters. The summed E-state index contributed by atoms with van der Waals surface area (Å²) < 4.78 is 30.2. The van der Waals surface area contributed by atoms with Gasteiger partial charge in [0.1, 0.15) is 5.82 Å². The Labute approximate surface area is 167 Å². The molecular formula is C19H23ClFNO4S. The van der Waals surface area contributed by atoms with E-state index in [9.17, 15) is 9.18 Å². The molecule has 0 radical (unpaired) electrons. The second-order valence-corrected chi connectivity index (χ2v) is 8.09. The minimum atomic E-state index is -0.906. The van der Waals surface area contributed by atoms with Crippen LogP contribution in [0.15, 0.2) is 29.8 Å². The van der Waals surface area contributed by atoms with E-state index in [4.69, 9.17) is 31.5 Å². The first-order valence-corrected chi connectivity index (χ1v) is 10.4. The van der Waals surface area contributed by atoms with Gasteiger partial charge >= 0.3 is 5.97 Å². The summed E-state index contributed by atoms with van der Waals surface area (Å²) >= 11 is 7.68. The predicted octanol–water partition coefficient (Wildman–Crippen LogP) is 3.43. The quantitative estimate of drug-likeness (QED) is 0.718. The van der Waals surface area contributed by atoms with Crippen molar-refractivity contribution in [3.8, 4) is 0 Å². The summed E-state index contributed by atoms with van der Waals surface area (Å²) in [5.74, 6) is -1.09. The summed E-state index contributed by atoms with van der Waals surface area (Å²) in [4.78, 5) is 12.5. The van der Waals surface area contributed by atoms with Crippen molar-refractivity contribution in [1.82, 2.24) is 0 Å². The maximum atomic E-state index is 13.2. The van der Waals surface area contributed by atoms with Crippen LogP contribution >= 0.6 is 23.4 Å². The summed E-state index contributed by atoms with van der Waals surface area (Å²) in [6, 6.07) is 4.34. The van der Waals surface area contributed by atoms with Crippen LogP contribution in [0.25, 0.3) is 0 Å². The van der Waals surface area contributed by atoms with Crippen LogP contribution in [0.1, 0.15) is 25.3 Å². The number of halogens is 2. The lowest BCUT2D eigenvalue weighted by Gasteiger charge is -2.33. The van der Waals surface area contributed by atoms with Gasteiger partial charge < -0.3 is 19.9 Å². The standard InChI is InChI=1S/C19H23ClFNO4S/c1-2-24-18(23)15-8-19(25-10-14(9-22)26-19)6-5-17(15)27-11-12-3-4-13(21)7-16(12)20/h3-4,7-8,14,17H,2,5-6,9-11,22H2,1H3. The second kappa shape index (κ2) is 8.92. The van der Waals surface area contributed by atoms with Crippen LogP contribution in [0.2, 0.25) is 5.02 Å². The van der Waals surface area contributed by atoms with Gasteiger partial charge in [-0.15, -0.1) is 11.8 Å². The van der Waals surface area contributed by atoms with Crippen molar-refractivity contribution < 1.29 is 23.4 Å². The molecule has 1 fully saturated rings. The minimum absolute atomic E-state index is 0.0834. The Kier molecular flexibility index (Phi) is 6.81. The number of hydrogen-bond donors (Lipinski definition) is 1. The average molecular weight is 416 g/mol. The molecule has 3 atom stereocenters. The molecule has 148 valence electrons. The number of carbonyl (C=O) groups is 1. The zero-order valence-corrected chi connectivity index (χ0v) is 16.7. The van der Waals surface area contributed by atoms with Crippen molar-refractivity contribution in [3.05, 3.63) is 46.3 Å². The minimum Gasteiger partial charge on any atom is -0.463 e. The molecule has 5 nitrogen and oxygen atoms in total. The van der Waals surface area contributed by atoms with Crippen molar-refractivity contribution in [3.63, 3.8) is 0 Å². The third-order valence-corrected chi connectivity index (χ3v) is 6.31. The van der Waals surface area contributed by atoms with Crippen LogP contribution in [-0.4, -0.2) is 42.9 Å². The summed E-state index contributed by atoms with van der Waals surface area (Å²) in [6.07, 6.45) is 2.88. The van der Waals surface area contributed by atoms with Gasteiger partial charge in [0.05, 0.1) is 24.9 Å². The van der Waals surface area contributed by atoms with E-state index < -0.39 is 5.79 Å². The Morgan fingerprint density at radius 3 is 3.00 bits per heavy atom. The van der Waals surface area contributed by atoms with Crippen molar-refractivity contribution in [1.29, 1.82) is 0 Å². The zero-order valence-electron chi connectivity index (χ0n) is 15.1. The van der Waals surface area contributed by atoms with Crippen molar-refractivity contribution >= 4 is 29.3 Å². The number of rotatable bonds is 6. The van der Waals surface area contributed by atoms with Gasteiger partial charge in [-0.3, -0.25) is 0 Å². The predicted molar refractivity (Wildman–Crippen MR) is 103 cm³/mol. The number of thioether (sulfide) groups is 1. The van der Waals surface area contributed by atoms with E-state index in [2.05, 4.69) is 0 Å². The van der Waals surface area contributed by atoms with Crippen molar-refractivity contribution in [2.45, 2.75) is 42.7 Å². The highest BCUT2D eigenvalue weighted by Crippen LogP contribution is 2.41. The van der Waals surface area contributed by atoms with Gasteiger partial charge in [0.25, 0.3) is 0 Å². The van der Waals surface area contributed by atoms with E-state index in [1.165, 1.54) is 12.1 Å². The fourth-order valence-corrected chi connectivity index (χ4v) is 4.78. The summed E-state index contributed by atoms with van der Waals surface area (Å²) in [5.41, 5.74) is 7.02. The summed E-state index contributed by atoms with van der Waals surface area (Å²) in [5, 5.41) is 0.296. The number of carbonyl (C=O) groups excluding carboxylic acids is 1. The lowest BCUT2D eigenvalue weighted by Crippen LogP contribution is -2.37. The molecule has 1 saturated heterocycles. The van der Waals surface area contributed by atoms with E-state index in [1.54, 1.807) is 30.8 Å². The molecule has 0 saturated carbocycles. The molecule has 1 aliphatic heterocycles. The van der Waals surface area contributed by atoms with Crippen LogP contribution in [0.3, 0.4) is 0 Å². The Balaban J connectivity index is 1.76. The van der Waals surface area contributed by atoms with Crippen molar-refractivity contribution in [2.75, 3.05) is 19.8 Å². The lowest BCUT2D eigenvalue weighted by molar-refractivity contribution is -0.146. The van der Waals surface area contributed by atoms with Gasteiger partial charge in [-0.05, 0) is 37.1 Å². The highest BCUT2D eigenvalue weighted by Gasteiger charge is 2.44. The molecule has 8 heteroatoms. The maximum absolute atomic E-state index is 13.2. The first-order chi connectivity index (χ1) is 13.0. The van der Waals surface area contributed by atoms with Gasteiger partial charge in [-0.25, -0.2) is 9.18 Å². The molecule has 0 aromatic heterocycles. The molecule has 1 aromatic carbocycles. The first kappa shape index (κ1) is 20.6. The Bertz CT molecular complexity index is 732. The van der Waals surface area contributed by atoms with Crippen molar-refractivity contribution in [2.24, 2.45) is 5.73 Å². The monoisotopic (exact) mass is 415 g/mol. The Morgan fingerprint density at radius 2 is 2.33 bits per heavy atom. The van der Waals surface area contributed by atoms with Crippen LogP contribution < -0.4 is 5.73 Å². The summed E-state index contributed by atoms with van der Waals surface area (Å²) in [7, 11) is 0. The SMILES string of the molecule is CCOC(=O)C1=CC2(CCC1SCc1ccc(F)cc1Cl)OCC(CN)O2. The molecule has 1 spiro atoms. The van der Waals surface area contributed by atoms with E-state index >= 15 is 0 Å². The van der Waals surface area contributed by atoms with E-state index in [-0.39, 0.29) is 29.7 Å². The van der Waals surface area contributed by atoms with Crippen LogP contribution in [0.4, 0.5) is 4.39 Å². The third kappa shape index (κ3) is 4.84. The Morgan fingerprint density at radius 1 is 1.52 bits per heavy atom. The van der Waals surface area contributed by atoms with Gasteiger partial charge in [0.15, 0.2) is 5.79 Å². The van der Waals surface area contributed by atoms with E-state index in [1.807, 2.05) is 0 Å². The highest BCUT2D eigenvalue weighted by molar-refractivity contribution is 7.99. The molecule has 27 heavy (non-hydrogen) atoms. The van der Waals surface area contributed by atoms with Crippen LogP contribution in [-0.2, 0) is 24.8 Å². The molecule has 1 aliphatic carbocycles. The van der Waals surface area contributed by atoms with E-state index in [0.717, 1.165) is 5.56 Å². The van der Waals surface area contributed by atoms with Gasteiger partial charge in [-0.1, -0.05) is 17.7 Å². The smallest absolute Gasteiger partial charge is 0.335 e. The number of nitrogens with two attached hydrogens (primary N) is 1. The van der Waals surface area contributed by atoms with Gasteiger partial charge in [-0.2, -0.15) is 0 Å². The lowest BCUT2D eigenvalue weighted by atomic mass is 9.94. The molecule has 0 amide bonds. The second-order valence-electron chi connectivity index (χ2n) is 6.49. The fourth-order valence-electron chi connectivity index (χ4n) is 3.20. The maximum Gasteiger partial charge on any atom is 0.335 e. The first-order valence-electron chi connectivity index (χ1n) is 8.93. The molecule has 0 bridgehead atoms. The van der Waals surface area contributed by atoms with Gasteiger partial charge in [0, 0.05) is 29.0 Å². The molecular weight excluding hydrogens is 393 g/mol. The molecule has 1 aromatic rings. The summed E-state index contributed by atoms with van der Waals surface area (Å²) in [6.45, 7) is 2.83. The topological polar surface area (TPSA) is 70.8 Å². The molecule has 2 aliphatic rings. The van der Waals surface area contributed by atoms with E-state index in [0.29, 0.717) is 42.3 Å². The highest BCUT2D eigenvalue weighted by atomic mass is 35.5. The Hall–Kier alpha value is -1.12. The number of benzene rings is 1. The molecule has 1 heterocycles. The average Bonchev–Trinajstić information content (AvgIpc) is 3.05. The fraction of sp³-hybridized carbons (Fsp3) is 0.526. The van der Waals surface area contributed by atoms with Crippen LogP contribution in [0, 0.1) is 5.82 Å². The largest absolute Gasteiger partial charge is 0.463 e. The third-order valence-electron chi connectivity index (χ3n) is 4.59.